The van der Waals surface area contributed by atoms with Crippen molar-refractivity contribution in [1.29, 1.82) is 0 Å². The lowest BCUT2D eigenvalue weighted by Gasteiger charge is -2.13. The average molecular weight is 395 g/mol. The minimum absolute atomic E-state index is 0.253. The predicted octanol–water partition coefficient (Wildman–Crippen LogP) is 3.81. The fraction of sp³-hybridized carbons (Fsp3) is 0.190. The molecule has 2 aromatic carbocycles. The van der Waals surface area contributed by atoms with Crippen molar-refractivity contribution >= 4 is 17.7 Å². The number of aromatic nitrogens is 2. The summed E-state index contributed by atoms with van der Waals surface area (Å²) in [6.45, 7) is 0.289. The standard InChI is InChI=1S/C21H21N3O3S/c1-26-16-9-10-18(27-2)15(11-16)12-22-20(25)17-13-23-21(28-3)24-19(17)14-7-5-4-6-8-14/h4-11,13H,12H2,1-3H3,(H,22,25). The molecule has 0 unspecified atom stereocenters. The van der Waals surface area contributed by atoms with Gasteiger partial charge in [-0.1, -0.05) is 42.1 Å². The van der Waals surface area contributed by atoms with Crippen LogP contribution in [0.5, 0.6) is 11.5 Å². The van der Waals surface area contributed by atoms with E-state index in [4.69, 9.17) is 9.47 Å². The Bertz CT molecular complexity index is 964. The Morgan fingerprint density at radius 2 is 1.89 bits per heavy atom. The topological polar surface area (TPSA) is 73.3 Å². The van der Waals surface area contributed by atoms with E-state index in [0.29, 0.717) is 27.9 Å². The fourth-order valence-corrected chi connectivity index (χ4v) is 3.08. The van der Waals surface area contributed by atoms with Gasteiger partial charge in [-0.3, -0.25) is 4.79 Å². The van der Waals surface area contributed by atoms with E-state index in [9.17, 15) is 4.79 Å². The Hall–Kier alpha value is -3.06. The lowest BCUT2D eigenvalue weighted by molar-refractivity contribution is 0.0950. The van der Waals surface area contributed by atoms with Gasteiger partial charge in [-0.2, -0.15) is 0 Å². The highest BCUT2D eigenvalue weighted by Crippen LogP contribution is 2.25. The van der Waals surface area contributed by atoms with Gasteiger partial charge in [0, 0.05) is 23.9 Å². The number of amides is 1. The van der Waals surface area contributed by atoms with Gasteiger partial charge >= 0.3 is 0 Å². The molecule has 3 rings (SSSR count). The molecule has 0 aliphatic carbocycles. The van der Waals surface area contributed by atoms with Crippen LogP contribution < -0.4 is 14.8 Å². The van der Waals surface area contributed by atoms with E-state index < -0.39 is 0 Å². The maximum atomic E-state index is 12.9. The maximum absolute atomic E-state index is 12.9. The van der Waals surface area contributed by atoms with Crippen molar-refractivity contribution in [2.75, 3.05) is 20.5 Å². The molecule has 1 N–H and O–H groups in total. The summed E-state index contributed by atoms with van der Waals surface area (Å²) in [6, 6.07) is 15.1. The maximum Gasteiger partial charge on any atom is 0.255 e. The fourth-order valence-electron chi connectivity index (χ4n) is 2.74. The number of nitrogens with one attached hydrogen (secondary N) is 1. The van der Waals surface area contributed by atoms with E-state index in [1.807, 2.05) is 54.8 Å². The molecule has 1 amide bonds. The quantitative estimate of drug-likeness (QED) is 0.484. The molecule has 0 saturated carbocycles. The minimum atomic E-state index is -0.253. The highest BCUT2D eigenvalue weighted by atomic mass is 32.2. The summed E-state index contributed by atoms with van der Waals surface area (Å²) >= 11 is 1.43. The van der Waals surface area contributed by atoms with Crippen molar-refractivity contribution < 1.29 is 14.3 Å². The van der Waals surface area contributed by atoms with Crippen LogP contribution in [-0.4, -0.2) is 36.4 Å². The van der Waals surface area contributed by atoms with E-state index in [1.54, 1.807) is 20.4 Å². The summed E-state index contributed by atoms with van der Waals surface area (Å²) in [5, 5.41) is 3.54. The molecule has 0 aliphatic heterocycles. The van der Waals surface area contributed by atoms with E-state index in [0.717, 1.165) is 11.1 Å². The van der Waals surface area contributed by atoms with Crippen LogP contribution in [0.2, 0.25) is 0 Å². The molecule has 3 aromatic rings. The number of methoxy groups -OCH3 is 2. The van der Waals surface area contributed by atoms with Crippen LogP contribution in [0.3, 0.4) is 0 Å². The molecule has 144 valence electrons. The van der Waals surface area contributed by atoms with Gasteiger partial charge in [0.2, 0.25) is 0 Å². The Kier molecular flexibility index (Phi) is 6.49. The summed E-state index contributed by atoms with van der Waals surface area (Å²) in [4.78, 5) is 21.7. The van der Waals surface area contributed by atoms with Crippen LogP contribution in [0.15, 0.2) is 59.9 Å². The van der Waals surface area contributed by atoms with Crippen LogP contribution in [-0.2, 0) is 6.54 Å². The summed E-state index contributed by atoms with van der Waals surface area (Å²) < 4.78 is 10.6. The Morgan fingerprint density at radius 1 is 1.11 bits per heavy atom. The van der Waals surface area contributed by atoms with Crippen LogP contribution in [0.4, 0.5) is 0 Å². The molecule has 7 heteroatoms. The summed E-state index contributed by atoms with van der Waals surface area (Å²) in [5.74, 6) is 1.12. The van der Waals surface area contributed by atoms with Crippen molar-refractivity contribution in [1.82, 2.24) is 15.3 Å². The number of rotatable bonds is 7. The Labute approximate surface area is 168 Å². The number of benzene rings is 2. The SMILES string of the molecule is COc1ccc(OC)c(CNC(=O)c2cnc(SC)nc2-c2ccccc2)c1. The van der Waals surface area contributed by atoms with Gasteiger partial charge < -0.3 is 14.8 Å². The zero-order valence-corrected chi connectivity index (χ0v) is 16.7. The molecule has 1 heterocycles. The molecule has 0 bridgehead atoms. The second-order valence-electron chi connectivity index (χ2n) is 5.85. The smallest absolute Gasteiger partial charge is 0.255 e. The molecule has 1 aromatic heterocycles. The molecule has 0 saturated heterocycles. The minimum Gasteiger partial charge on any atom is -0.497 e. The summed E-state index contributed by atoms with van der Waals surface area (Å²) in [7, 11) is 3.19. The summed E-state index contributed by atoms with van der Waals surface area (Å²) in [6.07, 6.45) is 3.47. The van der Waals surface area contributed by atoms with Gasteiger partial charge in [0.05, 0.1) is 25.5 Å². The number of hydrogen-bond acceptors (Lipinski definition) is 6. The van der Waals surface area contributed by atoms with Gasteiger partial charge in [0.15, 0.2) is 5.16 Å². The zero-order valence-electron chi connectivity index (χ0n) is 15.9. The molecule has 0 spiro atoms. The second-order valence-corrected chi connectivity index (χ2v) is 6.62. The molecule has 6 nitrogen and oxygen atoms in total. The Morgan fingerprint density at radius 3 is 2.57 bits per heavy atom. The van der Waals surface area contributed by atoms with Gasteiger partial charge in [0.1, 0.15) is 11.5 Å². The van der Waals surface area contributed by atoms with Crippen molar-refractivity contribution in [2.45, 2.75) is 11.7 Å². The largest absolute Gasteiger partial charge is 0.497 e. The number of carbonyl (C=O) groups excluding carboxylic acids is 1. The first-order valence-electron chi connectivity index (χ1n) is 8.61. The van der Waals surface area contributed by atoms with E-state index in [-0.39, 0.29) is 12.5 Å². The molecule has 0 radical (unpaired) electrons. The molecule has 0 aliphatic rings. The summed E-state index contributed by atoms with van der Waals surface area (Å²) in [5.41, 5.74) is 2.71. The average Bonchev–Trinajstić information content (AvgIpc) is 2.77. The van der Waals surface area contributed by atoms with Crippen molar-refractivity contribution in [2.24, 2.45) is 0 Å². The van der Waals surface area contributed by atoms with E-state index >= 15 is 0 Å². The normalized spacial score (nSPS) is 10.4. The van der Waals surface area contributed by atoms with Gasteiger partial charge in [-0.05, 0) is 24.5 Å². The molecule has 28 heavy (non-hydrogen) atoms. The molecule has 0 fully saturated rings. The van der Waals surface area contributed by atoms with Crippen molar-refractivity contribution in [3.8, 4) is 22.8 Å². The highest BCUT2D eigenvalue weighted by Gasteiger charge is 2.17. The first kappa shape index (κ1) is 19.7. The first-order valence-corrected chi connectivity index (χ1v) is 9.84. The van der Waals surface area contributed by atoms with Crippen molar-refractivity contribution in [3.05, 3.63) is 65.9 Å². The third-order valence-electron chi connectivity index (χ3n) is 4.17. The molecular formula is C21H21N3O3S. The monoisotopic (exact) mass is 395 g/mol. The van der Waals surface area contributed by atoms with Crippen LogP contribution in [0.25, 0.3) is 11.3 Å². The zero-order chi connectivity index (χ0) is 19.9. The van der Waals surface area contributed by atoms with Gasteiger partial charge in [0.25, 0.3) is 5.91 Å². The number of thioether (sulfide) groups is 1. The number of nitrogens with zero attached hydrogens (tertiary/aromatic N) is 2. The molecule has 0 atom stereocenters. The van der Waals surface area contributed by atoms with Crippen LogP contribution in [0, 0.1) is 0 Å². The van der Waals surface area contributed by atoms with E-state index in [1.165, 1.54) is 11.8 Å². The molecular weight excluding hydrogens is 374 g/mol. The first-order chi connectivity index (χ1) is 13.7. The third-order valence-corrected chi connectivity index (χ3v) is 4.73. The lowest BCUT2D eigenvalue weighted by Crippen LogP contribution is -2.24. The third kappa shape index (κ3) is 4.43. The highest BCUT2D eigenvalue weighted by molar-refractivity contribution is 7.98. The Balaban J connectivity index is 1.87. The lowest BCUT2D eigenvalue weighted by atomic mass is 10.1. The number of ether oxygens (including phenoxy) is 2. The van der Waals surface area contributed by atoms with Crippen LogP contribution >= 0.6 is 11.8 Å². The van der Waals surface area contributed by atoms with Gasteiger partial charge in [-0.15, -0.1) is 0 Å². The van der Waals surface area contributed by atoms with Crippen LogP contribution in [0.1, 0.15) is 15.9 Å². The second kappa shape index (κ2) is 9.23. The van der Waals surface area contributed by atoms with Gasteiger partial charge in [-0.25, -0.2) is 9.97 Å². The number of carbonyl (C=O) groups is 1. The predicted molar refractivity (Wildman–Crippen MR) is 110 cm³/mol. The number of hydrogen-bond donors (Lipinski definition) is 1. The van der Waals surface area contributed by atoms with Crippen molar-refractivity contribution in [3.63, 3.8) is 0 Å². The van der Waals surface area contributed by atoms with E-state index in [2.05, 4.69) is 15.3 Å².